The van der Waals surface area contributed by atoms with Gasteiger partial charge in [0.05, 0.1) is 14.6 Å². The van der Waals surface area contributed by atoms with Gasteiger partial charge in [0, 0.05) is 18.0 Å². The van der Waals surface area contributed by atoms with Crippen molar-refractivity contribution in [2.24, 2.45) is 5.92 Å². The highest BCUT2D eigenvalue weighted by molar-refractivity contribution is 8.00. The summed E-state index contributed by atoms with van der Waals surface area (Å²) in [5, 5.41) is 13.5. The standard InChI is InChI=1S/C23H29NO2S/c25-14-6-13-22(18-8-2-1-3-9-18)24-27(26)15-7-12-21-16-19-10-4-5-11-20(19)17-23(21)27/h4-5,7,10-12,15-18,22,25H,1-3,6,8-9,13-14H2,(H,24,26). The van der Waals surface area contributed by atoms with E-state index < -0.39 is 9.71 Å². The quantitative estimate of drug-likeness (QED) is 0.720. The van der Waals surface area contributed by atoms with Gasteiger partial charge in [-0.3, -0.25) is 0 Å². The fraction of sp³-hybridized carbons (Fsp3) is 0.435. The molecule has 0 aromatic heterocycles. The summed E-state index contributed by atoms with van der Waals surface area (Å²) in [6.45, 7) is 0.191. The van der Waals surface area contributed by atoms with Gasteiger partial charge in [-0.2, -0.15) is 0 Å². The molecule has 0 amide bonds. The first-order valence-corrected chi connectivity index (χ1v) is 11.8. The van der Waals surface area contributed by atoms with Crippen LogP contribution in [0.2, 0.25) is 0 Å². The van der Waals surface area contributed by atoms with Crippen molar-refractivity contribution in [2.45, 2.75) is 55.9 Å². The van der Waals surface area contributed by atoms with Crippen molar-refractivity contribution in [3.05, 3.63) is 48.0 Å². The van der Waals surface area contributed by atoms with E-state index in [1.54, 1.807) is 0 Å². The SMILES string of the molecule is O=S1(NC(CCCO)C2CCCCC2)=CC=Cc2cc3ccccc3cc21. The Morgan fingerprint density at radius 2 is 1.85 bits per heavy atom. The Hall–Kier alpha value is -1.62. The molecule has 2 aliphatic rings. The molecule has 4 rings (SSSR count). The van der Waals surface area contributed by atoms with Crippen LogP contribution in [0.4, 0.5) is 0 Å². The minimum Gasteiger partial charge on any atom is -0.396 e. The van der Waals surface area contributed by atoms with E-state index in [4.69, 9.17) is 0 Å². The van der Waals surface area contributed by atoms with Crippen molar-refractivity contribution in [1.82, 2.24) is 4.72 Å². The van der Waals surface area contributed by atoms with Crippen LogP contribution in [0.3, 0.4) is 0 Å². The fourth-order valence-electron chi connectivity index (χ4n) is 4.52. The minimum absolute atomic E-state index is 0.187. The van der Waals surface area contributed by atoms with E-state index in [1.165, 1.54) is 37.5 Å². The Kier molecular flexibility index (Phi) is 5.67. The molecule has 144 valence electrons. The summed E-state index contributed by atoms with van der Waals surface area (Å²) in [6, 6.07) is 12.7. The highest BCUT2D eigenvalue weighted by atomic mass is 32.2. The molecule has 0 spiro atoms. The van der Waals surface area contributed by atoms with Gasteiger partial charge in [-0.05, 0) is 60.1 Å². The van der Waals surface area contributed by atoms with Crippen LogP contribution in [0.5, 0.6) is 0 Å². The summed E-state index contributed by atoms with van der Waals surface area (Å²) in [5.74, 6) is 0.548. The number of aliphatic hydroxyl groups is 1. The Morgan fingerprint density at radius 3 is 2.59 bits per heavy atom. The molecule has 1 aliphatic heterocycles. The van der Waals surface area contributed by atoms with Crippen LogP contribution < -0.4 is 4.72 Å². The van der Waals surface area contributed by atoms with Crippen LogP contribution in [0.1, 0.15) is 50.5 Å². The Labute approximate surface area is 162 Å². The van der Waals surface area contributed by atoms with Crippen LogP contribution in [0.25, 0.3) is 16.8 Å². The van der Waals surface area contributed by atoms with Gasteiger partial charge in [-0.1, -0.05) is 55.7 Å². The number of nitrogens with one attached hydrogen (secondary N) is 1. The molecule has 2 N–H and O–H groups in total. The van der Waals surface area contributed by atoms with Gasteiger partial charge in [0.2, 0.25) is 0 Å². The molecule has 0 saturated heterocycles. The second kappa shape index (κ2) is 8.17. The Bertz CT molecular complexity index is 950. The van der Waals surface area contributed by atoms with Gasteiger partial charge in [0.1, 0.15) is 0 Å². The smallest absolute Gasteiger partial charge is 0.0610 e. The van der Waals surface area contributed by atoms with Crippen molar-refractivity contribution >= 4 is 31.9 Å². The summed E-state index contributed by atoms with van der Waals surface area (Å²) in [7, 11) is -2.46. The zero-order valence-corrected chi connectivity index (χ0v) is 16.6. The molecule has 1 saturated carbocycles. The van der Waals surface area contributed by atoms with Gasteiger partial charge >= 0.3 is 0 Å². The summed E-state index contributed by atoms with van der Waals surface area (Å²) >= 11 is 0. The number of allylic oxidation sites excluding steroid dienone is 1. The molecule has 4 heteroatoms. The molecule has 2 unspecified atom stereocenters. The Morgan fingerprint density at radius 1 is 1.11 bits per heavy atom. The lowest BCUT2D eigenvalue weighted by atomic mass is 9.83. The fourth-order valence-corrected chi connectivity index (χ4v) is 6.71. The van der Waals surface area contributed by atoms with Gasteiger partial charge in [-0.15, -0.1) is 0 Å². The lowest BCUT2D eigenvalue weighted by Crippen LogP contribution is -2.42. The molecule has 1 fully saturated rings. The predicted molar refractivity (Wildman–Crippen MR) is 115 cm³/mol. The maximum absolute atomic E-state index is 14.0. The van der Waals surface area contributed by atoms with Crippen LogP contribution in [0.15, 0.2) is 47.4 Å². The first kappa shape index (κ1) is 18.7. The van der Waals surface area contributed by atoms with Crippen molar-refractivity contribution < 1.29 is 9.32 Å². The predicted octanol–water partition coefficient (Wildman–Crippen LogP) is 4.54. The first-order valence-electron chi connectivity index (χ1n) is 10.2. The summed E-state index contributed by atoms with van der Waals surface area (Å²) in [4.78, 5) is 0.897. The maximum atomic E-state index is 14.0. The number of hydrogen-bond donors (Lipinski definition) is 2. The molecular formula is C23H29NO2S. The Balaban J connectivity index is 1.69. The molecule has 2 aromatic rings. The average molecular weight is 384 g/mol. The third kappa shape index (κ3) is 3.98. The van der Waals surface area contributed by atoms with Crippen molar-refractivity contribution in [3.63, 3.8) is 0 Å². The molecule has 2 aromatic carbocycles. The van der Waals surface area contributed by atoms with Crippen LogP contribution in [0, 0.1) is 5.92 Å². The van der Waals surface area contributed by atoms with E-state index in [1.807, 2.05) is 23.6 Å². The molecule has 1 aliphatic carbocycles. The zero-order chi connectivity index (χ0) is 18.7. The monoisotopic (exact) mass is 383 g/mol. The highest BCUT2D eigenvalue weighted by Crippen LogP contribution is 2.32. The number of rotatable bonds is 6. The summed E-state index contributed by atoms with van der Waals surface area (Å²) in [6.07, 6.45) is 11.8. The summed E-state index contributed by atoms with van der Waals surface area (Å²) in [5.41, 5.74) is 1.04. The van der Waals surface area contributed by atoms with Gasteiger partial charge < -0.3 is 5.11 Å². The topological polar surface area (TPSA) is 49.3 Å². The molecule has 0 bridgehead atoms. The van der Waals surface area contributed by atoms with Gasteiger partial charge in [0.25, 0.3) is 0 Å². The third-order valence-corrected chi connectivity index (χ3v) is 8.17. The zero-order valence-electron chi connectivity index (χ0n) is 15.8. The number of fused-ring (bicyclic) bond motifs is 2. The minimum atomic E-state index is -2.46. The van der Waals surface area contributed by atoms with E-state index in [9.17, 15) is 9.32 Å². The third-order valence-electron chi connectivity index (χ3n) is 5.97. The lowest BCUT2D eigenvalue weighted by molar-refractivity contribution is 0.243. The van der Waals surface area contributed by atoms with E-state index in [0.29, 0.717) is 5.92 Å². The van der Waals surface area contributed by atoms with E-state index >= 15 is 0 Å². The number of aliphatic hydroxyl groups excluding tert-OH is 1. The maximum Gasteiger partial charge on any atom is 0.0610 e. The van der Waals surface area contributed by atoms with Crippen LogP contribution in [-0.4, -0.2) is 27.3 Å². The molecule has 27 heavy (non-hydrogen) atoms. The van der Waals surface area contributed by atoms with Crippen molar-refractivity contribution in [2.75, 3.05) is 6.61 Å². The van der Waals surface area contributed by atoms with Crippen molar-refractivity contribution in [1.29, 1.82) is 0 Å². The average Bonchev–Trinajstić information content (AvgIpc) is 2.71. The molecule has 2 atom stereocenters. The first-order chi connectivity index (χ1) is 13.2. The second-order valence-corrected chi connectivity index (χ2v) is 9.97. The van der Waals surface area contributed by atoms with E-state index in [-0.39, 0.29) is 12.6 Å². The number of hydrogen-bond acceptors (Lipinski definition) is 2. The second-order valence-electron chi connectivity index (χ2n) is 7.82. The molecule has 0 radical (unpaired) electrons. The largest absolute Gasteiger partial charge is 0.396 e. The van der Waals surface area contributed by atoms with Gasteiger partial charge in [0.15, 0.2) is 0 Å². The van der Waals surface area contributed by atoms with Crippen LogP contribution >= 0.6 is 0 Å². The van der Waals surface area contributed by atoms with E-state index in [2.05, 4.69) is 35.1 Å². The molecule has 3 nitrogen and oxygen atoms in total. The molecular weight excluding hydrogens is 354 g/mol. The van der Waals surface area contributed by atoms with Gasteiger partial charge in [-0.25, -0.2) is 8.93 Å². The lowest BCUT2D eigenvalue weighted by Gasteiger charge is -2.33. The van der Waals surface area contributed by atoms with Crippen LogP contribution in [-0.2, 0) is 9.71 Å². The van der Waals surface area contributed by atoms with Crippen molar-refractivity contribution in [3.8, 4) is 0 Å². The summed E-state index contributed by atoms with van der Waals surface area (Å²) < 4.78 is 17.6. The molecule has 1 heterocycles. The number of benzene rings is 2. The highest BCUT2D eigenvalue weighted by Gasteiger charge is 2.28. The normalized spacial score (nSPS) is 23.7. The van der Waals surface area contributed by atoms with E-state index in [0.717, 1.165) is 28.7 Å².